The van der Waals surface area contributed by atoms with Gasteiger partial charge in [0, 0.05) is 12.0 Å². The largest absolute Gasteiger partial charge is 0.353 e. The van der Waals surface area contributed by atoms with Crippen LogP contribution in [-0.4, -0.2) is 11.9 Å². The molecule has 0 saturated heterocycles. The lowest BCUT2D eigenvalue weighted by molar-refractivity contribution is -0.130. The van der Waals surface area contributed by atoms with E-state index in [1.165, 1.54) is 18.4 Å². The van der Waals surface area contributed by atoms with E-state index in [2.05, 4.69) is 52.2 Å². The van der Waals surface area contributed by atoms with E-state index in [0.29, 0.717) is 17.8 Å². The van der Waals surface area contributed by atoms with E-state index in [1.54, 1.807) is 6.08 Å². The van der Waals surface area contributed by atoms with Crippen LogP contribution in [0.2, 0.25) is 0 Å². The van der Waals surface area contributed by atoms with Crippen LogP contribution < -0.4 is 5.32 Å². The van der Waals surface area contributed by atoms with E-state index < -0.39 is 0 Å². The number of carbonyl (C=O) groups excluding carboxylic acids is 1. The molecule has 1 aliphatic rings. The summed E-state index contributed by atoms with van der Waals surface area (Å²) in [6, 6.07) is 0.234. The zero-order valence-electron chi connectivity index (χ0n) is 17.3. The van der Waals surface area contributed by atoms with Gasteiger partial charge in [-0.05, 0) is 55.4 Å². The average Bonchev–Trinajstić information content (AvgIpc) is 2.62. The fourth-order valence-electron chi connectivity index (χ4n) is 4.10. The molecule has 0 aromatic carbocycles. The van der Waals surface area contributed by atoms with Crippen molar-refractivity contribution in [3.8, 4) is 0 Å². The second-order valence-electron chi connectivity index (χ2n) is 8.16. The summed E-state index contributed by atoms with van der Waals surface area (Å²) in [5, 5.41) is 3.36. The number of allylic oxidation sites excluding steroid dienone is 6. The maximum absolute atomic E-state index is 13.0. The number of nitrogens with one attached hydrogen (secondary N) is 1. The Kier molecular flexibility index (Phi) is 10.3. The minimum Gasteiger partial charge on any atom is -0.353 e. The molecule has 0 aliphatic heterocycles. The molecule has 1 aliphatic carbocycles. The molecule has 1 fully saturated rings. The molecule has 2 heteroatoms. The summed E-state index contributed by atoms with van der Waals surface area (Å²) in [7, 11) is 0. The number of amides is 1. The predicted octanol–water partition coefficient (Wildman–Crippen LogP) is 6.22. The standard InChI is InChI=1S/C24H39NO/c1-7-10-12-20(11-8-2)14-15-21(9-3)25-24(26)23-17-19(6)13-16-22(23)18(4)5/h7-8,10-12,18-19,21-23H,1-2,9,13-17H2,3-6H3,(H,25,26)/b12-10-,20-11+. The number of hydrogen-bond acceptors (Lipinski definition) is 1. The van der Waals surface area contributed by atoms with E-state index in [4.69, 9.17) is 0 Å². The molecular weight excluding hydrogens is 318 g/mol. The van der Waals surface area contributed by atoms with Gasteiger partial charge in [0.2, 0.25) is 5.91 Å². The molecule has 2 nitrogen and oxygen atoms in total. The summed E-state index contributed by atoms with van der Waals surface area (Å²) in [5.41, 5.74) is 1.22. The summed E-state index contributed by atoms with van der Waals surface area (Å²) >= 11 is 0. The van der Waals surface area contributed by atoms with Gasteiger partial charge in [0.25, 0.3) is 0 Å². The minimum atomic E-state index is 0.177. The molecule has 0 bridgehead atoms. The van der Waals surface area contributed by atoms with Gasteiger partial charge >= 0.3 is 0 Å². The van der Waals surface area contributed by atoms with E-state index in [9.17, 15) is 4.79 Å². The third-order valence-corrected chi connectivity index (χ3v) is 5.76. The van der Waals surface area contributed by atoms with E-state index in [-0.39, 0.29) is 17.9 Å². The SMILES string of the molecule is C=C/C=C\C(=C/C=C)CCC(CC)NC(=O)C1CC(C)CCC1C(C)C. The molecule has 0 aromatic rings. The molecule has 0 aromatic heterocycles. The van der Waals surface area contributed by atoms with E-state index in [0.717, 1.165) is 25.7 Å². The van der Waals surface area contributed by atoms with Gasteiger partial charge in [-0.15, -0.1) is 0 Å². The van der Waals surface area contributed by atoms with Crippen LogP contribution in [-0.2, 0) is 4.79 Å². The fraction of sp³-hybridized carbons (Fsp3) is 0.625. The molecule has 0 spiro atoms. The number of rotatable bonds is 10. The maximum atomic E-state index is 13.0. The molecule has 0 radical (unpaired) electrons. The van der Waals surface area contributed by atoms with Gasteiger partial charge < -0.3 is 5.32 Å². The van der Waals surface area contributed by atoms with Crippen LogP contribution >= 0.6 is 0 Å². The first-order valence-corrected chi connectivity index (χ1v) is 10.3. The topological polar surface area (TPSA) is 29.1 Å². The lowest BCUT2D eigenvalue weighted by Crippen LogP contribution is -2.44. The van der Waals surface area contributed by atoms with Crippen molar-refractivity contribution >= 4 is 5.91 Å². The van der Waals surface area contributed by atoms with Crippen molar-refractivity contribution < 1.29 is 4.79 Å². The van der Waals surface area contributed by atoms with Gasteiger partial charge in [-0.25, -0.2) is 0 Å². The summed E-state index contributed by atoms with van der Waals surface area (Å²) in [6.45, 7) is 16.5. The normalized spacial score (nSPS) is 25.3. The highest BCUT2D eigenvalue weighted by Crippen LogP contribution is 2.38. The molecule has 4 unspecified atom stereocenters. The second-order valence-corrected chi connectivity index (χ2v) is 8.16. The van der Waals surface area contributed by atoms with Crippen molar-refractivity contribution in [3.63, 3.8) is 0 Å². The van der Waals surface area contributed by atoms with Crippen LogP contribution in [0, 0.1) is 23.7 Å². The Bertz CT molecular complexity index is 514. The van der Waals surface area contributed by atoms with Gasteiger partial charge in [0.15, 0.2) is 0 Å². The molecule has 1 saturated carbocycles. The quantitative estimate of drug-likeness (QED) is 0.462. The summed E-state index contributed by atoms with van der Waals surface area (Å²) < 4.78 is 0. The van der Waals surface area contributed by atoms with Gasteiger partial charge in [0.1, 0.15) is 0 Å². The third kappa shape index (κ3) is 7.35. The molecule has 0 heterocycles. The Labute approximate surface area is 161 Å². The molecule has 146 valence electrons. The summed E-state index contributed by atoms with van der Waals surface area (Å²) in [4.78, 5) is 13.0. The van der Waals surface area contributed by atoms with Crippen LogP contribution in [0.1, 0.15) is 66.2 Å². The lowest BCUT2D eigenvalue weighted by atomic mass is 9.69. The molecule has 1 N–H and O–H groups in total. The van der Waals surface area contributed by atoms with Gasteiger partial charge in [-0.1, -0.05) is 77.7 Å². The number of carbonyl (C=O) groups is 1. The highest BCUT2D eigenvalue weighted by Gasteiger charge is 2.35. The van der Waals surface area contributed by atoms with Crippen molar-refractivity contribution in [1.82, 2.24) is 5.32 Å². The molecule has 26 heavy (non-hydrogen) atoms. The highest BCUT2D eigenvalue weighted by molar-refractivity contribution is 5.79. The Morgan fingerprint density at radius 3 is 2.54 bits per heavy atom. The lowest BCUT2D eigenvalue weighted by Gasteiger charge is -2.37. The Morgan fingerprint density at radius 2 is 1.96 bits per heavy atom. The second kappa shape index (κ2) is 11.9. The molecule has 4 atom stereocenters. The average molecular weight is 358 g/mol. The van der Waals surface area contributed by atoms with Crippen LogP contribution in [0.15, 0.2) is 49.1 Å². The highest BCUT2D eigenvalue weighted by atomic mass is 16.2. The van der Waals surface area contributed by atoms with Crippen molar-refractivity contribution in [2.75, 3.05) is 0 Å². The monoisotopic (exact) mass is 357 g/mol. The van der Waals surface area contributed by atoms with Gasteiger partial charge in [-0.3, -0.25) is 4.79 Å². The molecule has 1 amide bonds. The Morgan fingerprint density at radius 1 is 1.23 bits per heavy atom. The van der Waals surface area contributed by atoms with Gasteiger partial charge in [0.05, 0.1) is 0 Å². The molecular formula is C24H39NO. The first-order valence-electron chi connectivity index (χ1n) is 10.3. The maximum Gasteiger partial charge on any atom is 0.223 e. The van der Waals surface area contributed by atoms with Crippen LogP contribution in [0.5, 0.6) is 0 Å². The Balaban J connectivity index is 2.68. The van der Waals surface area contributed by atoms with Crippen molar-refractivity contribution in [2.45, 2.75) is 72.3 Å². The Hall–Kier alpha value is -1.57. The van der Waals surface area contributed by atoms with Crippen LogP contribution in [0.25, 0.3) is 0 Å². The first-order chi connectivity index (χ1) is 12.4. The van der Waals surface area contributed by atoms with Gasteiger partial charge in [-0.2, -0.15) is 0 Å². The van der Waals surface area contributed by atoms with Crippen molar-refractivity contribution in [2.24, 2.45) is 23.7 Å². The third-order valence-electron chi connectivity index (χ3n) is 5.76. The minimum absolute atomic E-state index is 0.177. The van der Waals surface area contributed by atoms with E-state index in [1.807, 2.05) is 18.2 Å². The number of hydrogen-bond donors (Lipinski definition) is 1. The smallest absolute Gasteiger partial charge is 0.223 e. The first kappa shape index (κ1) is 22.5. The predicted molar refractivity (Wildman–Crippen MR) is 114 cm³/mol. The van der Waals surface area contributed by atoms with Crippen molar-refractivity contribution in [1.29, 1.82) is 0 Å². The van der Waals surface area contributed by atoms with Crippen molar-refractivity contribution in [3.05, 3.63) is 49.1 Å². The zero-order valence-corrected chi connectivity index (χ0v) is 17.3. The zero-order chi connectivity index (χ0) is 19.5. The van der Waals surface area contributed by atoms with E-state index >= 15 is 0 Å². The fourth-order valence-corrected chi connectivity index (χ4v) is 4.10. The van der Waals surface area contributed by atoms with Crippen LogP contribution in [0.4, 0.5) is 0 Å². The molecule has 1 rings (SSSR count). The summed E-state index contributed by atoms with van der Waals surface area (Å²) in [5.74, 6) is 2.21. The van der Waals surface area contributed by atoms with Crippen LogP contribution in [0.3, 0.4) is 0 Å². The summed E-state index contributed by atoms with van der Waals surface area (Å²) in [6.07, 6.45) is 16.0.